The van der Waals surface area contributed by atoms with Crippen LogP contribution in [0.25, 0.3) is 0 Å². The van der Waals surface area contributed by atoms with Gasteiger partial charge < -0.3 is 4.74 Å². The van der Waals surface area contributed by atoms with E-state index in [9.17, 15) is 24.5 Å². The second kappa shape index (κ2) is 5.70. The van der Waals surface area contributed by atoms with Gasteiger partial charge in [-0.2, -0.15) is 0 Å². The second-order valence-electron chi connectivity index (χ2n) is 4.41. The van der Waals surface area contributed by atoms with Crippen LogP contribution in [0.3, 0.4) is 0 Å². The first kappa shape index (κ1) is 14.6. The number of fused-ring (bicyclic) bond motifs is 1. The zero-order valence-electron chi connectivity index (χ0n) is 11.1. The highest BCUT2D eigenvalue weighted by Crippen LogP contribution is 2.25. The molecule has 0 N–H and O–H groups in total. The fourth-order valence-corrected chi connectivity index (χ4v) is 2.21. The molecule has 0 radical (unpaired) electrons. The molecular formula is C13H12N2O6. The van der Waals surface area contributed by atoms with Gasteiger partial charge in [-0.25, -0.2) is 4.79 Å². The summed E-state index contributed by atoms with van der Waals surface area (Å²) in [5.41, 5.74) is 0.356. The number of nitrogens with zero attached hydrogens (tertiary/aromatic N) is 2. The quantitative estimate of drug-likeness (QED) is 0.338. The molecule has 1 aromatic rings. The third-order valence-corrected chi connectivity index (χ3v) is 3.20. The summed E-state index contributed by atoms with van der Waals surface area (Å²) in [6, 6.07) is 4.83. The second-order valence-corrected chi connectivity index (χ2v) is 4.41. The van der Waals surface area contributed by atoms with Crippen LogP contribution in [-0.2, 0) is 9.53 Å². The van der Waals surface area contributed by atoms with Crippen molar-refractivity contribution < 1.29 is 24.0 Å². The Morgan fingerprint density at radius 1 is 1.29 bits per heavy atom. The van der Waals surface area contributed by atoms with Crippen LogP contribution in [0.2, 0.25) is 0 Å². The van der Waals surface area contributed by atoms with Crippen molar-refractivity contribution in [3.05, 3.63) is 45.5 Å². The summed E-state index contributed by atoms with van der Waals surface area (Å²) in [5, 5.41) is 10.5. The maximum Gasteiger partial charge on any atom is 0.329 e. The van der Waals surface area contributed by atoms with Crippen molar-refractivity contribution in [3.63, 3.8) is 0 Å². The average molecular weight is 292 g/mol. The molecular weight excluding hydrogens is 280 g/mol. The summed E-state index contributed by atoms with van der Waals surface area (Å²) in [6.07, 6.45) is -0.287. The first-order chi connectivity index (χ1) is 9.97. The number of carbonyl (C=O) groups is 3. The minimum Gasteiger partial charge on any atom is -0.467 e. The number of methoxy groups -OCH3 is 1. The normalized spacial score (nSPS) is 14.8. The van der Waals surface area contributed by atoms with Gasteiger partial charge in [-0.15, -0.1) is 0 Å². The molecule has 0 bridgehead atoms. The lowest BCUT2D eigenvalue weighted by Gasteiger charge is -2.22. The van der Waals surface area contributed by atoms with Crippen molar-refractivity contribution in [2.75, 3.05) is 13.7 Å². The smallest absolute Gasteiger partial charge is 0.329 e. The first-order valence-corrected chi connectivity index (χ1v) is 6.14. The molecule has 1 unspecified atom stereocenters. The summed E-state index contributed by atoms with van der Waals surface area (Å²) in [6.45, 7) is -0.548. The Labute approximate surface area is 119 Å². The predicted molar refractivity (Wildman–Crippen MR) is 69.2 cm³/mol. The van der Waals surface area contributed by atoms with E-state index in [1.165, 1.54) is 12.1 Å². The summed E-state index contributed by atoms with van der Waals surface area (Å²) in [4.78, 5) is 46.8. The highest BCUT2D eigenvalue weighted by Gasteiger charge is 2.43. The third-order valence-electron chi connectivity index (χ3n) is 3.20. The first-order valence-electron chi connectivity index (χ1n) is 6.14. The number of rotatable bonds is 5. The van der Waals surface area contributed by atoms with Crippen LogP contribution in [0.1, 0.15) is 27.1 Å². The Morgan fingerprint density at radius 2 is 1.81 bits per heavy atom. The number of nitro groups is 1. The Morgan fingerprint density at radius 3 is 2.24 bits per heavy atom. The minimum absolute atomic E-state index is 0.178. The van der Waals surface area contributed by atoms with E-state index in [0.717, 1.165) is 12.0 Å². The predicted octanol–water partition coefficient (Wildman–Crippen LogP) is 0.491. The van der Waals surface area contributed by atoms with Crippen molar-refractivity contribution in [1.82, 2.24) is 4.90 Å². The lowest BCUT2D eigenvalue weighted by molar-refractivity contribution is -0.481. The van der Waals surface area contributed by atoms with E-state index >= 15 is 0 Å². The van der Waals surface area contributed by atoms with Crippen LogP contribution in [-0.4, -0.2) is 47.3 Å². The van der Waals surface area contributed by atoms with Gasteiger partial charge in [0.05, 0.1) is 18.2 Å². The number of esters is 1. The van der Waals surface area contributed by atoms with Crippen LogP contribution in [0, 0.1) is 10.1 Å². The summed E-state index contributed by atoms with van der Waals surface area (Å²) in [5.74, 6) is -2.14. The number of ether oxygens (including phenoxy) is 1. The summed E-state index contributed by atoms with van der Waals surface area (Å²) >= 11 is 0. The van der Waals surface area contributed by atoms with Gasteiger partial charge in [-0.3, -0.25) is 24.6 Å². The summed E-state index contributed by atoms with van der Waals surface area (Å²) in [7, 11) is 1.10. The number of hydrogen-bond donors (Lipinski definition) is 0. The Hall–Kier alpha value is -2.77. The molecule has 1 aromatic carbocycles. The molecule has 0 aliphatic carbocycles. The fraction of sp³-hybridized carbons (Fsp3) is 0.308. The molecule has 2 amide bonds. The number of hydrogen-bond acceptors (Lipinski definition) is 6. The molecule has 110 valence electrons. The van der Waals surface area contributed by atoms with Crippen LogP contribution >= 0.6 is 0 Å². The van der Waals surface area contributed by atoms with Gasteiger partial charge in [0.1, 0.15) is 6.04 Å². The van der Waals surface area contributed by atoms with Crippen molar-refractivity contribution in [2.45, 2.75) is 12.5 Å². The number of amides is 2. The third kappa shape index (κ3) is 2.60. The Kier molecular flexibility index (Phi) is 3.97. The molecule has 8 heteroatoms. The van der Waals surface area contributed by atoms with Gasteiger partial charge >= 0.3 is 5.97 Å². The van der Waals surface area contributed by atoms with Crippen molar-refractivity contribution in [3.8, 4) is 0 Å². The standard InChI is InChI=1S/C13H12N2O6/c1-21-13(18)10(6-7-14(19)20)15-11(16)8-4-2-3-5-9(8)12(15)17/h2-5,10H,6-7H2,1H3. The maximum atomic E-state index is 12.2. The Bertz CT molecular complexity index is 592. The van der Waals surface area contributed by atoms with Crippen molar-refractivity contribution in [2.24, 2.45) is 0 Å². The molecule has 1 heterocycles. The van der Waals surface area contributed by atoms with Crippen molar-refractivity contribution in [1.29, 1.82) is 0 Å². The fourth-order valence-electron chi connectivity index (χ4n) is 2.21. The maximum absolute atomic E-state index is 12.2. The van der Waals surface area contributed by atoms with Crippen LogP contribution in [0.15, 0.2) is 24.3 Å². The van der Waals surface area contributed by atoms with E-state index in [1.54, 1.807) is 12.1 Å². The van der Waals surface area contributed by atoms with Gasteiger partial charge in [-0.05, 0) is 12.1 Å². The van der Waals surface area contributed by atoms with Gasteiger partial charge in [0, 0.05) is 11.3 Å². The molecule has 0 saturated carbocycles. The van der Waals surface area contributed by atoms with E-state index in [0.29, 0.717) is 0 Å². The number of benzene rings is 1. The van der Waals surface area contributed by atoms with Crippen LogP contribution < -0.4 is 0 Å². The van der Waals surface area contributed by atoms with Crippen molar-refractivity contribution >= 4 is 17.8 Å². The molecule has 0 aromatic heterocycles. The zero-order valence-corrected chi connectivity index (χ0v) is 11.1. The minimum atomic E-state index is -1.30. The number of imide groups is 1. The van der Waals surface area contributed by atoms with Gasteiger partial charge in [0.25, 0.3) is 11.8 Å². The van der Waals surface area contributed by atoms with Crippen LogP contribution in [0.4, 0.5) is 0 Å². The molecule has 2 rings (SSSR count). The van der Waals surface area contributed by atoms with E-state index in [-0.39, 0.29) is 17.5 Å². The van der Waals surface area contributed by atoms with E-state index < -0.39 is 35.3 Å². The van der Waals surface area contributed by atoms with E-state index in [1.807, 2.05) is 0 Å². The molecule has 0 saturated heterocycles. The highest BCUT2D eigenvalue weighted by molar-refractivity contribution is 6.22. The average Bonchev–Trinajstić information content (AvgIpc) is 2.72. The molecule has 1 aliphatic rings. The monoisotopic (exact) mass is 292 g/mol. The number of carbonyl (C=O) groups excluding carboxylic acids is 3. The largest absolute Gasteiger partial charge is 0.467 e. The molecule has 0 fully saturated rings. The lowest BCUT2D eigenvalue weighted by atomic mass is 10.1. The van der Waals surface area contributed by atoms with Gasteiger partial charge in [-0.1, -0.05) is 12.1 Å². The highest BCUT2D eigenvalue weighted by atomic mass is 16.6. The van der Waals surface area contributed by atoms with Gasteiger partial charge in [0.15, 0.2) is 0 Å². The van der Waals surface area contributed by atoms with E-state index in [4.69, 9.17) is 0 Å². The van der Waals surface area contributed by atoms with E-state index in [2.05, 4.69) is 4.74 Å². The molecule has 0 spiro atoms. The molecule has 1 atom stereocenters. The SMILES string of the molecule is COC(=O)C(CC[N+](=O)[O-])N1C(=O)c2ccccc2C1=O. The Balaban J connectivity index is 2.33. The van der Waals surface area contributed by atoms with Gasteiger partial charge in [0.2, 0.25) is 6.54 Å². The molecule has 21 heavy (non-hydrogen) atoms. The summed E-state index contributed by atoms with van der Waals surface area (Å²) < 4.78 is 4.54. The molecule has 1 aliphatic heterocycles. The van der Waals surface area contributed by atoms with Crippen LogP contribution in [0.5, 0.6) is 0 Å². The topological polar surface area (TPSA) is 107 Å². The lowest BCUT2D eigenvalue weighted by Crippen LogP contribution is -2.46. The zero-order chi connectivity index (χ0) is 15.6. The molecule has 8 nitrogen and oxygen atoms in total.